The van der Waals surface area contributed by atoms with Gasteiger partial charge in [0.05, 0.1) is 6.04 Å². The topological polar surface area (TPSA) is 38.1 Å². The number of hydrogen-bond acceptors (Lipinski definition) is 2. The molecule has 0 aliphatic carbocycles. The number of benzene rings is 1. The normalized spacial score (nSPS) is 17.8. The summed E-state index contributed by atoms with van der Waals surface area (Å²) in [6.07, 6.45) is 6.77. The third kappa shape index (κ3) is 2.91. The lowest BCUT2D eigenvalue weighted by Gasteiger charge is -2.36. The van der Waals surface area contributed by atoms with Crippen molar-refractivity contribution in [2.75, 3.05) is 6.54 Å². The quantitative estimate of drug-likeness (QED) is 0.675. The molecule has 1 atom stereocenters. The lowest BCUT2D eigenvalue weighted by atomic mass is 9.95. The number of carbonyl (C=O) groups is 1. The van der Waals surface area contributed by atoms with Crippen LogP contribution in [-0.4, -0.2) is 26.9 Å². The number of rotatable bonds is 2. The first-order chi connectivity index (χ1) is 12.1. The lowest BCUT2D eigenvalue weighted by molar-refractivity contribution is 0.0602. The highest BCUT2D eigenvalue weighted by Gasteiger charge is 2.30. The molecule has 25 heavy (non-hydrogen) atoms. The molecule has 1 amide bonds. The van der Waals surface area contributed by atoms with Gasteiger partial charge < -0.3 is 9.47 Å². The highest BCUT2D eigenvalue weighted by molar-refractivity contribution is 6.31. The average molecular weight is 354 g/mol. The Kier molecular flexibility index (Phi) is 4.22. The van der Waals surface area contributed by atoms with Crippen molar-refractivity contribution in [3.8, 4) is 0 Å². The molecule has 3 aromatic rings. The zero-order valence-electron chi connectivity index (χ0n) is 14.2. The minimum atomic E-state index is 0.0799. The Morgan fingerprint density at radius 3 is 2.76 bits per heavy atom. The molecule has 1 aliphatic heterocycles. The molecule has 1 saturated heterocycles. The van der Waals surface area contributed by atoms with Crippen molar-refractivity contribution >= 4 is 28.4 Å². The number of nitrogens with zero attached hydrogens (tertiary/aromatic N) is 3. The predicted octanol–water partition coefficient (Wildman–Crippen LogP) is 4.59. The van der Waals surface area contributed by atoms with Gasteiger partial charge in [-0.3, -0.25) is 9.78 Å². The van der Waals surface area contributed by atoms with E-state index in [1.54, 1.807) is 12.4 Å². The Hall–Kier alpha value is -2.33. The summed E-state index contributed by atoms with van der Waals surface area (Å²) in [6, 6.07) is 11.8. The van der Waals surface area contributed by atoms with Gasteiger partial charge in [-0.2, -0.15) is 0 Å². The molecule has 4 nitrogen and oxygen atoms in total. The summed E-state index contributed by atoms with van der Waals surface area (Å²) in [5, 5.41) is 1.68. The van der Waals surface area contributed by atoms with Crippen LogP contribution < -0.4 is 0 Å². The third-order valence-electron chi connectivity index (χ3n) is 5.08. The Morgan fingerprint density at radius 2 is 1.96 bits per heavy atom. The molecule has 128 valence electrons. The van der Waals surface area contributed by atoms with Crippen LogP contribution in [0.2, 0.25) is 5.02 Å². The summed E-state index contributed by atoms with van der Waals surface area (Å²) in [5.74, 6) is 0.0799. The number of amides is 1. The second kappa shape index (κ2) is 6.52. The molecular formula is C20H20ClN3O. The number of fused-ring (bicyclic) bond motifs is 1. The predicted molar refractivity (Wildman–Crippen MR) is 99.8 cm³/mol. The van der Waals surface area contributed by atoms with Gasteiger partial charge in [-0.1, -0.05) is 11.6 Å². The van der Waals surface area contributed by atoms with Crippen LogP contribution in [0.15, 0.2) is 48.8 Å². The number of piperidine rings is 1. The van der Waals surface area contributed by atoms with Crippen molar-refractivity contribution in [3.63, 3.8) is 0 Å². The molecule has 0 radical (unpaired) electrons. The van der Waals surface area contributed by atoms with Crippen LogP contribution in [0.25, 0.3) is 10.9 Å². The maximum Gasteiger partial charge on any atom is 0.271 e. The standard InChI is InChI=1S/C20H20ClN3O/c1-23-17-6-5-16(21)12-15(17)13-19(23)20(25)24-11-3-2-4-18(24)14-7-9-22-10-8-14/h5-10,12-13,18H,2-4,11H2,1H3. The molecule has 1 aliphatic rings. The first kappa shape index (κ1) is 16.2. The molecule has 0 saturated carbocycles. The highest BCUT2D eigenvalue weighted by Crippen LogP contribution is 2.33. The molecule has 1 unspecified atom stereocenters. The lowest BCUT2D eigenvalue weighted by Crippen LogP contribution is -2.39. The van der Waals surface area contributed by atoms with E-state index in [2.05, 4.69) is 4.98 Å². The zero-order valence-corrected chi connectivity index (χ0v) is 14.9. The van der Waals surface area contributed by atoms with Gasteiger partial charge in [0.25, 0.3) is 5.91 Å². The number of pyridine rings is 1. The van der Waals surface area contributed by atoms with E-state index in [1.165, 1.54) is 0 Å². The summed E-state index contributed by atoms with van der Waals surface area (Å²) >= 11 is 6.10. The Balaban J connectivity index is 1.72. The maximum atomic E-state index is 13.3. The smallest absolute Gasteiger partial charge is 0.271 e. The van der Waals surface area contributed by atoms with Crippen molar-refractivity contribution < 1.29 is 4.79 Å². The van der Waals surface area contributed by atoms with Crippen LogP contribution in [0, 0.1) is 0 Å². The summed E-state index contributed by atoms with van der Waals surface area (Å²) in [4.78, 5) is 19.4. The van der Waals surface area contributed by atoms with E-state index in [0.29, 0.717) is 10.7 Å². The van der Waals surface area contributed by atoms with Crippen LogP contribution in [-0.2, 0) is 7.05 Å². The monoisotopic (exact) mass is 353 g/mol. The van der Waals surface area contributed by atoms with Crippen molar-refractivity contribution in [1.82, 2.24) is 14.5 Å². The van der Waals surface area contributed by atoms with Crippen molar-refractivity contribution in [3.05, 3.63) is 65.1 Å². The van der Waals surface area contributed by atoms with Gasteiger partial charge >= 0.3 is 0 Å². The molecule has 5 heteroatoms. The Bertz CT molecular complexity index is 919. The van der Waals surface area contributed by atoms with Crippen LogP contribution in [0.1, 0.15) is 41.4 Å². The number of aryl methyl sites for hydroxylation is 1. The van der Waals surface area contributed by atoms with Crippen molar-refractivity contribution in [2.24, 2.45) is 7.05 Å². The van der Waals surface area contributed by atoms with Gasteiger partial charge in [-0.15, -0.1) is 0 Å². The highest BCUT2D eigenvalue weighted by atomic mass is 35.5. The van der Waals surface area contributed by atoms with Gasteiger partial charge in [0.1, 0.15) is 5.69 Å². The largest absolute Gasteiger partial charge is 0.340 e. The van der Waals surface area contributed by atoms with E-state index >= 15 is 0 Å². The Morgan fingerprint density at radius 1 is 1.16 bits per heavy atom. The third-order valence-corrected chi connectivity index (χ3v) is 5.31. The zero-order chi connectivity index (χ0) is 17.4. The fraction of sp³-hybridized carbons (Fsp3) is 0.300. The van der Waals surface area contributed by atoms with Gasteiger partial charge in [-0.05, 0) is 61.2 Å². The molecule has 1 aromatic carbocycles. The maximum absolute atomic E-state index is 13.3. The minimum absolute atomic E-state index is 0.0799. The fourth-order valence-electron chi connectivity index (χ4n) is 3.78. The van der Waals surface area contributed by atoms with E-state index < -0.39 is 0 Å². The van der Waals surface area contributed by atoms with Crippen LogP contribution >= 0.6 is 11.6 Å². The summed E-state index contributed by atoms with van der Waals surface area (Å²) < 4.78 is 1.96. The molecule has 4 rings (SSSR count). The average Bonchev–Trinajstić information content (AvgIpc) is 2.97. The van der Waals surface area contributed by atoms with Crippen molar-refractivity contribution in [1.29, 1.82) is 0 Å². The number of hydrogen-bond donors (Lipinski definition) is 0. The number of likely N-dealkylation sites (tertiary alicyclic amines) is 1. The minimum Gasteiger partial charge on any atom is -0.340 e. The van der Waals surface area contributed by atoms with E-state index in [-0.39, 0.29) is 11.9 Å². The van der Waals surface area contributed by atoms with Gasteiger partial charge in [-0.25, -0.2) is 0 Å². The second-order valence-electron chi connectivity index (χ2n) is 6.58. The van der Waals surface area contributed by atoms with Gasteiger partial charge in [0, 0.05) is 41.9 Å². The molecular weight excluding hydrogens is 334 g/mol. The molecule has 1 fully saturated rings. The molecule has 0 bridgehead atoms. The van der Waals surface area contributed by atoms with Crippen LogP contribution in [0.3, 0.4) is 0 Å². The van der Waals surface area contributed by atoms with Gasteiger partial charge in [0.15, 0.2) is 0 Å². The number of halogens is 1. The molecule has 0 spiro atoms. The summed E-state index contributed by atoms with van der Waals surface area (Å²) in [7, 11) is 1.94. The Labute approximate surface area is 152 Å². The molecule has 0 N–H and O–H groups in total. The first-order valence-electron chi connectivity index (χ1n) is 8.61. The number of aromatic nitrogens is 2. The summed E-state index contributed by atoms with van der Waals surface area (Å²) in [6.45, 7) is 0.786. The molecule has 3 heterocycles. The van der Waals surface area contributed by atoms with E-state index in [0.717, 1.165) is 42.3 Å². The van der Waals surface area contributed by atoms with Crippen LogP contribution in [0.4, 0.5) is 0 Å². The first-order valence-corrected chi connectivity index (χ1v) is 8.99. The SMILES string of the molecule is Cn1c(C(=O)N2CCCCC2c2ccncc2)cc2cc(Cl)ccc21. The summed E-state index contributed by atoms with van der Waals surface area (Å²) in [5.41, 5.74) is 2.88. The second-order valence-corrected chi connectivity index (χ2v) is 7.02. The van der Waals surface area contributed by atoms with Crippen molar-refractivity contribution in [2.45, 2.75) is 25.3 Å². The van der Waals surface area contributed by atoms with E-state index in [4.69, 9.17) is 11.6 Å². The van der Waals surface area contributed by atoms with Crippen LogP contribution in [0.5, 0.6) is 0 Å². The van der Waals surface area contributed by atoms with Gasteiger partial charge in [0.2, 0.25) is 0 Å². The van der Waals surface area contributed by atoms with E-state index in [1.807, 2.05) is 52.9 Å². The molecule has 2 aromatic heterocycles. The number of carbonyl (C=O) groups excluding carboxylic acids is 1. The fourth-order valence-corrected chi connectivity index (χ4v) is 3.96. The van der Waals surface area contributed by atoms with E-state index in [9.17, 15) is 4.79 Å².